The van der Waals surface area contributed by atoms with Crippen molar-refractivity contribution >= 4 is 16.8 Å². The maximum atomic E-state index is 12.8. The van der Waals surface area contributed by atoms with Crippen LogP contribution < -0.4 is 10.1 Å². The number of aromatic nitrogens is 4. The van der Waals surface area contributed by atoms with Crippen molar-refractivity contribution in [3.8, 4) is 17.2 Å². The molecule has 5 rings (SSSR count). The molecule has 0 atom stereocenters. The second kappa shape index (κ2) is 9.15. The van der Waals surface area contributed by atoms with Crippen LogP contribution >= 0.6 is 0 Å². The molecule has 0 saturated heterocycles. The lowest BCUT2D eigenvalue weighted by Gasteiger charge is -2.14. The van der Waals surface area contributed by atoms with Crippen molar-refractivity contribution in [2.24, 2.45) is 0 Å². The van der Waals surface area contributed by atoms with Gasteiger partial charge in [0.2, 0.25) is 0 Å². The van der Waals surface area contributed by atoms with Gasteiger partial charge in [-0.3, -0.25) is 14.8 Å². The highest BCUT2D eigenvalue weighted by Gasteiger charge is 2.14. The minimum atomic E-state index is -0.154. The van der Waals surface area contributed by atoms with Gasteiger partial charge in [-0.25, -0.2) is 4.68 Å². The van der Waals surface area contributed by atoms with E-state index in [2.05, 4.69) is 20.4 Å². The van der Waals surface area contributed by atoms with Crippen LogP contribution in [0.2, 0.25) is 0 Å². The first-order chi connectivity index (χ1) is 16.6. The van der Waals surface area contributed by atoms with E-state index in [0.29, 0.717) is 23.6 Å². The average molecular weight is 450 g/mol. The molecule has 0 radical (unpaired) electrons. The van der Waals surface area contributed by atoms with E-state index in [4.69, 9.17) is 4.74 Å². The number of rotatable bonds is 6. The number of nitrogens with one attached hydrogen (secondary N) is 1. The van der Waals surface area contributed by atoms with Crippen LogP contribution in [0.3, 0.4) is 0 Å². The number of aryl methyl sites for hydroxylation is 1. The van der Waals surface area contributed by atoms with Crippen molar-refractivity contribution in [3.05, 3.63) is 108 Å². The molecule has 0 fully saturated rings. The maximum absolute atomic E-state index is 12.8. The molecule has 0 unspecified atom stereocenters. The first kappa shape index (κ1) is 21.3. The standard InChI is InChI=1S/C27H23N5O2/c1-18-15-31-32(17-18)21-6-7-23-24(14-21)29-13-10-26(23)34-25-5-3-4-22(19(25)2)27(33)30-16-20-8-11-28-12-9-20/h3-15,17H,16H2,1-2H3,(H,30,33). The first-order valence-electron chi connectivity index (χ1n) is 10.9. The summed E-state index contributed by atoms with van der Waals surface area (Å²) in [6.07, 6.45) is 8.92. The van der Waals surface area contributed by atoms with E-state index < -0.39 is 0 Å². The molecule has 5 aromatic rings. The predicted octanol–water partition coefficient (Wildman–Crippen LogP) is 5.15. The molecule has 7 heteroatoms. The molecule has 3 aromatic heterocycles. The molecular weight excluding hydrogens is 426 g/mol. The first-order valence-corrected chi connectivity index (χ1v) is 10.9. The SMILES string of the molecule is Cc1cnn(-c2ccc3c(Oc4cccc(C(=O)NCc5ccncc5)c4C)ccnc3c2)c1. The zero-order valence-electron chi connectivity index (χ0n) is 18.9. The normalized spacial score (nSPS) is 10.9. The molecule has 3 heterocycles. The van der Waals surface area contributed by atoms with Crippen molar-refractivity contribution in [1.82, 2.24) is 25.1 Å². The highest BCUT2D eigenvalue weighted by Crippen LogP contribution is 2.32. The third-order valence-corrected chi connectivity index (χ3v) is 5.61. The molecule has 168 valence electrons. The Hall–Kier alpha value is -4.52. The average Bonchev–Trinajstić information content (AvgIpc) is 3.30. The molecule has 1 N–H and O–H groups in total. The number of hydrogen-bond acceptors (Lipinski definition) is 5. The molecule has 0 saturated carbocycles. The summed E-state index contributed by atoms with van der Waals surface area (Å²) in [5, 5.41) is 8.21. The van der Waals surface area contributed by atoms with Crippen LogP contribution in [0, 0.1) is 13.8 Å². The highest BCUT2D eigenvalue weighted by molar-refractivity contribution is 5.96. The summed E-state index contributed by atoms with van der Waals surface area (Å²) in [6.45, 7) is 4.32. The fourth-order valence-electron chi connectivity index (χ4n) is 3.76. The molecule has 0 aliphatic carbocycles. The number of pyridine rings is 2. The van der Waals surface area contributed by atoms with Gasteiger partial charge in [-0.2, -0.15) is 5.10 Å². The van der Waals surface area contributed by atoms with Gasteiger partial charge in [0.25, 0.3) is 5.91 Å². The van der Waals surface area contributed by atoms with Gasteiger partial charge >= 0.3 is 0 Å². The highest BCUT2D eigenvalue weighted by atomic mass is 16.5. The number of carbonyl (C=O) groups is 1. The van der Waals surface area contributed by atoms with Crippen molar-refractivity contribution in [2.45, 2.75) is 20.4 Å². The number of nitrogens with zero attached hydrogens (tertiary/aromatic N) is 4. The topological polar surface area (TPSA) is 81.9 Å². The molecular formula is C27H23N5O2. The van der Waals surface area contributed by atoms with Crippen LogP contribution in [0.15, 0.2) is 85.6 Å². The van der Waals surface area contributed by atoms with Gasteiger partial charge in [-0.15, -0.1) is 0 Å². The molecule has 34 heavy (non-hydrogen) atoms. The van der Waals surface area contributed by atoms with Gasteiger partial charge in [0, 0.05) is 47.8 Å². The summed E-state index contributed by atoms with van der Waals surface area (Å²) in [5.74, 6) is 1.14. The van der Waals surface area contributed by atoms with Gasteiger partial charge in [0.05, 0.1) is 17.4 Å². The Morgan fingerprint density at radius 2 is 1.85 bits per heavy atom. The van der Waals surface area contributed by atoms with E-state index in [1.54, 1.807) is 24.7 Å². The number of hydrogen-bond donors (Lipinski definition) is 1. The monoisotopic (exact) mass is 449 g/mol. The Balaban J connectivity index is 1.39. The largest absolute Gasteiger partial charge is 0.456 e. The third-order valence-electron chi connectivity index (χ3n) is 5.61. The molecule has 1 amide bonds. The lowest BCUT2D eigenvalue weighted by atomic mass is 10.1. The summed E-state index contributed by atoms with van der Waals surface area (Å²) in [6, 6.07) is 17.0. The second-order valence-electron chi connectivity index (χ2n) is 8.04. The van der Waals surface area contributed by atoms with Crippen LogP contribution in [0.5, 0.6) is 11.5 Å². The minimum Gasteiger partial charge on any atom is -0.456 e. The summed E-state index contributed by atoms with van der Waals surface area (Å²) in [7, 11) is 0. The van der Waals surface area contributed by atoms with Crippen molar-refractivity contribution in [1.29, 1.82) is 0 Å². The molecule has 0 aliphatic rings. The smallest absolute Gasteiger partial charge is 0.251 e. The third kappa shape index (κ3) is 4.36. The van der Waals surface area contributed by atoms with E-state index in [0.717, 1.165) is 33.3 Å². The van der Waals surface area contributed by atoms with Crippen LogP contribution in [-0.2, 0) is 6.54 Å². The number of carbonyl (C=O) groups excluding carboxylic acids is 1. The van der Waals surface area contributed by atoms with E-state index in [1.807, 2.05) is 79.5 Å². The maximum Gasteiger partial charge on any atom is 0.251 e. The summed E-state index contributed by atoms with van der Waals surface area (Å²) < 4.78 is 8.10. The van der Waals surface area contributed by atoms with E-state index in [1.165, 1.54) is 0 Å². The summed E-state index contributed by atoms with van der Waals surface area (Å²) in [4.78, 5) is 21.3. The van der Waals surface area contributed by atoms with Gasteiger partial charge < -0.3 is 10.1 Å². The number of ether oxygens (including phenoxy) is 1. The number of fused-ring (bicyclic) bond motifs is 1. The Labute approximate surface area is 197 Å². The summed E-state index contributed by atoms with van der Waals surface area (Å²) in [5.41, 5.74) is 5.14. The molecule has 0 spiro atoms. The Morgan fingerprint density at radius 3 is 2.65 bits per heavy atom. The summed E-state index contributed by atoms with van der Waals surface area (Å²) >= 11 is 0. The van der Waals surface area contributed by atoms with Crippen LogP contribution in [-0.4, -0.2) is 25.7 Å². The molecule has 7 nitrogen and oxygen atoms in total. The minimum absolute atomic E-state index is 0.154. The van der Waals surface area contributed by atoms with Gasteiger partial charge in [-0.1, -0.05) is 6.07 Å². The van der Waals surface area contributed by atoms with Crippen LogP contribution in [0.4, 0.5) is 0 Å². The van der Waals surface area contributed by atoms with Crippen molar-refractivity contribution in [2.75, 3.05) is 0 Å². The molecule has 0 bridgehead atoms. The van der Waals surface area contributed by atoms with Crippen molar-refractivity contribution < 1.29 is 9.53 Å². The quantitative estimate of drug-likeness (QED) is 0.387. The zero-order chi connectivity index (χ0) is 23.5. The van der Waals surface area contributed by atoms with E-state index in [9.17, 15) is 4.79 Å². The Kier molecular flexibility index (Phi) is 5.74. The molecule has 0 aliphatic heterocycles. The van der Waals surface area contributed by atoms with Crippen LogP contribution in [0.25, 0.3) is 16.6 Å². The lowest BCUT2D eigenvalue weighted by Crippen LogP contribution is -2.23. The fraction of sp³-hybridized carbons (Fsp3) is 0.111. The predicted molar refractivity (Wildman–Crippen MR) is 130 cm³/mol. The van der Waals surface area contributed by atoms with Crippen molar-refractivity contribution in [3.63, 3.8) is 0 Å². The molecule has 2 aromatic carbocycles. The van der Waals surface area contributed by atoms with E-state index in [-0.39, 0.29) is 5.91 Å². The zero-order valence-corrected chi connectivity index (χ0v) is 18.9. The number of benzene rings is 2. The fourth-order valence-corrected chi connectivity index (χ4v) is 3.76. The Bertz CT molecular complexity index is 1480. The van der Waals surface area contributed by atoms with Gasteiger partial charge in [-0.05, 0) is 73.5 Å². The lowest BCUT2D eigenvalue weighted by molar-refractivity contribution is 0.0950. The number of amides is 1. The Morgan fingerprint density at radius 1 is 1.00 bits per heavy atom. The van der Waals surface area contributed by atoms with Gasteiger partial charge in [0.15, 0.2) is 0 Å². The van der Waals surface area contributed by atoms with E-state index >= 15 is 0 Å². The van der Waals surface area contributed by atoms with Crippen LogP contribution in [0.1, 0.15) is 27.0 Å². The van der Waals surface area contributed by atoms with Gasteiger partial charge in [0.1, 0.15) is 11.5 Å². The second-order valence-corrected chi connectivity index (χ2v) is 8.04.